The number of benzene rings is 3. The fraction of sp³-hybridized carbons (Fsp3) is 0.333. The smallest absolute Gasteiger partial charge is 0.0284 e. The van der Waals surface area contributed by atoms with Crippen molar-refractivity contribution in [2.24, 2.45) is 0 Å². The van der Waals surface area contributed by atoms with Crippen LogP contribution in [-0.4, -0.2) is 0 Å². The molecule has 3 aromatic rings. The van der Waals surface area contributed by atoms with E-state index < -0.39 is 0 Å². The molecule has 0 bridgehead atoms. The SMILES string of the molecule is CCCCc1ccc(C#Cc2ccc(C#Cc3ccc(CCCC)cc3)c(C3CC3)c2)cc1. The maximum atomic E-state index is 3.44. The summed E-state index contributed by atoms with van der Waals surface area (Å²) in [6.45, 7) is 4.47. The molecule has 0 amide bonds. The van der Waals surface area contributed by atoms with Gasteiger partial charge >= 0.3 is 0 Å². The third-order valence-electron chi connectivity index (χ3n) is 6.31. The zero-order chi connectivity index (χ0) is 22.9. The van der Waals surface area contributed by atoms with Crippen LogP contribution in [0.15, 0.2) is 66.7 Å². The summed E-state index contributed by atoms with van der Waals surface area (Å²) in [4.78, 5) is 0. The summed E-state index contributed by atoms with van der Waals surface area (Å²) in [5, 5.41) is 0. The van der Waals surface area contributed by atoms with Gasteiger partial charge in [0.1, 0.15) is 0 Å². The van der Waals surface area contributed by atoms with Crippen LogP contribution in [-0.2, 0) is 12.8 Å². The van der Waals surface area contributed by atoms with Crippen LogP contribution in [0.3, 0.4) is 0 Å². The van der Waals surface area contributed by atoms with E-state index in [1.165, 1.54) is 55.2 Å². The Kier molecular flexibility index (Phi) is 8.06. The van der Waals surface area contributed by atoms with Crippen LogP contribution in [0.1, 0.15) is 97.2 Å². The first kappa shape index (κ1) is 23.0. The lowest BCUT2D eigenvalue weighted by atomic mass is 9.99. The Bertz CT molecular complexity index is 1170. The van der Waals surface area contributed by atoms with E-state index in [1.807, 2.05) is 0 Å². The second-order valence-corrected chi connectivity index (χ2v) is 9.18. The van der Waals surface area contributed by atoms with Crippen molar-refractivity contribution in [1.82, 2.24) is 0 Å². The third kappa shape index (κ3) is 6.88. The average Bonchev–Trinajstić information content (AvgIpc) is 3.71. The minimum absolute atomic E-state index is 0.644. The first-order valence-corrected chi connectivity index (χ1v) is 12.6. The second-order valence-electron chi connectivity index (χ2n) is 9.18. The predicted octanol–water partition coefficient (Wildman–Crippen LogP) is 8.05. The van der Waals surface area contributed by atoms with Crippen LogP contribution in [0.5, 0.6) is 0 Å². The highest BCUT2D eigenvalue weighted by Gasteiger charge is 2.25. The molecule has 0 aliphatic heterocycles. The lowest BCUT2D eigenvalue weighted by Gasteiger charge is -2.04. The summed E-state index contributed by atoms with van der Waals surface area (Å²) in [5.74, 6) is 14.2. The third-order valence-corrected chi connectivity index (χ3v) is 6.31. The van der Waals surface area contributed by atoms with Gasteiger partial charge in [0, 0.05) is 22.3 Å². The second kappa shape index (κ2) is 11.6. The Hall–Kier alpha value is -3.22. The molecule has 1 fully saturated rings. The van der Waals surface area contributed by atoms with Crippen molar-refractivity contribution < 1.29 is 0 Å². The molecule has 3 aromatic carbocycles. The molecule has 166 valence electrons. The number of unbranched alkanes of at least 4 members (excludes halogenated alkanes) is 2. The van der Waals surface area contributed by atoms with Gasteiger partial charge in [-0.2, -0.15) is 0 Å². The van der Waals surface area contributed by atoms with Gasteiger partial charge < -0.3 is 0 Å². The number of aryl methyl sites for hydroxylation is 2. The molecule has 4 rings (SSSR count). The largest absolute Gasteiger partial charge is 0.0654 e. The molecule has 0 nitrogen and oxygen atoms in total. The molecule has 1 saturated carbocycles. The molecular formula is C33H34. The van der Waals surface area contributed by atoms with Gasteiger partial charge in [-0.3, -0.25) is 0 Å². The summed E-state index contributed by atoms with van der Waals surface area (Å²) in [6.07, 6.45) is 9.79. The van der Waals surface area contributed by atoms with Gasteiger partial charge in [0.15, 0.2) is 0 Å². The van der Waals surface area contributed by atoms with E-state index in [0.717, 1.165) is 35.1 Å². The minimum atomic E-state index is 0.644. The summed E-state index contributed by atoms with van der Waals surface area (Å²) in [7, 11) is 0. The Morgan fingerprint density at radius 1 is 0.606 bits per heavy atom. The Morgan fingerprint density at radius 2 is 1.09 bits per heavy atom. The molecule has 1 aliphatic carbocycles. The summed E-state index contributed by atoms with van der Waals surface area (Å²) >= 11 is 0. The van der Waals surface area contributed by atoms with Crippen molar-refractivity contribution in [1.29, 1.82) is 0 Å². The maximum Gasteiger partial charge on any atom is 0.0284 e. The summed E-state index contributed by atoms with van der Waals surface area (Å²) in [5.41, 5.74) is 8.56. The molecule has 0 N–H and O–H groups in total. The van der Waals surface area contributed by atoms with Gasteiger partial charge in [0.2, 0.25) is 0 Å². The van der Waals surface area contributed by atoms with Crippen LogP contribution in [0.25, 0.3) is 0 Å². The molecule has 0 heteroatoms. The van der Waals surface area contributed by atoms with Crippen molar-refractivity contribution in [2.45, 2.75) is 71.1 Å². The average molecular weight is 431 g/mol. The summed E-state index contributed by atoms with van der Waals surface area (Å²) < 4.78 is 0. The highest BCUT2D eigenvalue weighted by molar-refractivity contribution is 5.53. The first-order valence-electron chi connectivity index (χ1n) is 12.6. The lowest BCUT2D eigenvalue weighted by Crippen LogP contribution is -1.90. The Morgan fingerprint density at radius 3 is 1.61 bits per heavy atom. The van der Waals surface area contributed by atoms with Gasteiger partial charge in [-0.05, 0) is 104 Å². The minimum Gasteiger partial charge on any atom is -0.0654 e. The van der Waals surface area contributed by atoms with Gasteiger partial charge in [-0.25, -0.2) is 0 Å². The number of hydrogen-bond acceptors (Lipinski definition) is 0. The van der Waals surface area contributed by atoms with Gasteiger partial charge in [-0.15, -0.1) is 0 Å². The molecular weight excluding hydrogens is 396 g/mol. The van der Waals surface area contributed by atoms with E-state index in [-0.39, 0.29) is 0 Å². The van der Waals surface area contributed by atoms with E-state index >= 15 is 0 Å². The van der Waals surface area contributed by atoms with Gasteiger partial charge in [-0.1, -0.05) is 74.6 Å². The van der Waals surface area contributed by atoms with Crippen LogP contribution in [0, 0.1) is 23.7 Å². The first-order chi connectivity index (χ1) is 16.2. The molecule has 0 atom stereocenters. The maximum absolute atomic E-state index is 3.44. The normalized spacial score (nSPS) is 12.4. The Balaban J connectivity index is 1.48. The van der Waals surface area contributed by atoms with Crippen molar-refractivity contribution in [2.75, 3.05) is 0 Å². The number of rotatable bonds is 7. The van der Waals surface area contributed by atoms with Crippen molar-refractivity contribution in [3.05, 3.63) is 106 Å². The fourth-order valence-electron chi connectivity index (χ4n) is 4.04. The quantitative estimate of drug-likeness (QED) is 0.333. The standard InChI is InChI=1S/C33H34/c1-3-5-7-26-9-13-28(14-10-26)17-18-30-20-22-31(33(25-30)32-23-24-32)21-19-29-15-11-27(12-16-29)8-6-4-2/h9-16,20,22,25,32H,3-8,23-24H2,1-2H3. The molecule has 0 radical (unpaired) electrons. The highest BCUT2D eigenvalue weighted by atomic mass is 14.3. The fourth-order valence-corrected chi connectivity index (χ4v) is 4.04. The molecule has 0 spiro atoms. The predicted molar refractivity (Wildman–Crippen MR) is 140 cm³/mol. The Labute approximate surface area is 200 Å². The van der Waals surface area contributed by atoms with Crippen molar-refractivity contribution in [3.8, 4) is 23.7 Å². The van der Waals surface area contributed by atoms with E-state index in [9.17, 15) is 0 Å². The number of hydrogen-bond donors (Lipinski definition) is 0. The van der Waals surface area contributed by atoms with E-state index in [1.54, 1.807) is 0 Å². The molecule has 0 heterocycles. The van der Waals surface area contributed by atoms with Crippen LogP contribution < -0.4 is 0 Å². The zero-order valence-electron chi connectivity index (χ0n) is 20.1. The van der Waals surface area contributed by atoms with Crippen LogP contribution in [0.2, 0.25) is 0 Å². The monoisotopic (exact) mass is 430 g/mol. The van der Waals surface area contributed by atoms with Gasteiger partial charge in [0.25, 0.3) is 0 Å². The van der Waals surface area contributed by atoms with E-state index in [0.29, 0.717) is 5.92 Å². The zero-order valence-corrected chi connectivity index (χ0v) is 20.1. The lowest BCUT2D eigenvalue weighted by molar-refractivity contribution is 0.795. The summed E-state index contributed by atoms with van der Waals surface area (Å²) in [6, 6.07) is 24.0. The van der Waals surface area contributed by atoms with Crippen molar-refractivity contribution in [3.63, 3.8) is 0 Å². The molecule has 1 aliphatic rings. The molecule has 0 saturated heterocycles. The van der Waals surface area contributed by atoms with E-state index in [2.05, 4.69) is 104 Å². The van der Waals surface area contributed by atoms with Crippen LogP contribution in [0.4, 0.5) is 0 Å². The topological polar surface area (TPSA) is 0 Å². The van der Waals surface area contributed by atoms with Crippen molar-refractivity contribution >= 4 is 0 Å². The van der Waals surface area contributed by atoms with Crippen LogP contribution >= 0.6 is 0 Å². The van der Waals surface area contributed by atoms with E-state index in [4.69, 9.17) is 0 Å². The highest BCUT2D eigenvalue weighted by Crippen LogP contribution is 2.41. The molecule has 0 aromatic heterocycles. The molecule has 33 heavy (non-hydrogen) atoms. The molecule has 0 unspecified atom stereocenters. The van der Waals surface area contributed by atoms with Gasteiger partial charge in [0.05, 0.1) is 0 Å².